The second-order valence-corrected chi connectivity index (χ2v) is 11.4. The number of benzene rings is 6. The molecule has 3 aromatic heterocycles. The summed E-state index contributed by atoms with van der Waals surface area (Å²) < 4.78 is 11.3. The van der Waals surface area contributed by atoms with Crippen LogP contribution >= 0.6 is 11.7 Å². The molecule has 0 aliphatic rings. The number of aromatic nitrogens is 5. The van der Waals surface area contributed by atoms with Gasteiger partial charge in [-0.1, -0.05) is 103 Å². The van der Waals surface area contributed by atoms with E-state index in [2.05, 4.69) is 123 Å². The van der Waals surface area contributed by atoms with Crippen LogP contribution in [0, 0.1) is 0 Å². The smallest absolute Gasteiger partial charge is 0.160 e. The second kappa shape index (κ2) is 9.93. The van der Waals surface area contributed by atoms with Gasteiger partial charge in [0.25, 0.3) is 0 Å². The summed E-state index contributed by atoms with van der Waals surface area (Å²) in [5.74, 6) is 0.718. The van der Waals surface area contributed by atoms with E-state index >= 15 is 0 Å². The van der Waals surface area contributed by atoms with Crippen LogP contribution in [0.2, 0.25) is 0 Å². The molecule has 0 unspecified atom stereocenters. The molecule has 6 heteroatoms. The van der Waals surface area contributed by atoms with E-state index in [1.807, 2.05) is 30.3 Å². The number of fused-ring (bicyclic) bond motifs is 5. The van der Waals surface area contributed by atoms with E-state index < -0.39 is 0 Å². The summed E-state index contributed by atoms with van der Waals surface area (Å²) in [4.78, 5) is 9.98. The predicted octanol–water partition coefficient (Wildman–Crippen LogP) is 9.73. The quantitative estimate of drug-likeness (QED) is 0.208. The van der Waals surface area contributed by atoms with Crippen molar-refractivity contribution in [2.75, 3.05) is 0 Å². The van der Waals surface area contributed by atoms with E-state index in [9.17, 15) is 0 Å². The minimum Gasteiger partial charge on any atom is -0.309 e. The number of hydrogen-bond acceptors (Lipinski definition) is 5. The van der Waals surface area contributed by atoms with E-state index in [1.165, 1.54) is 22.5 Å². The van der Waals surface area contributed by atoms with Gasteiger partial charge in [-0.3, -0.25) is 0 Å². The Labute approximate surface area is 257 Å². The fraction of sp³-hybridized carbons (Fsp3) is 0. The first-order chi connectivity index (χ1) is 21.8. The highest BCUT2D eigenvalue weighted by Crippen LogP contribution is 2.36. The molecule has 0 saturated heterocycles. The Hall–Kier alpha value is -5.72. The second-order valence-electron chi connectivity index (χ2n) is 10.9. The van der Waals surface area contributed by atoms with Crippen LogP contribution in [-0.2, 0) is 0 Å². The van der Waals surface area contributed by atoms with Gasteiger partial charge in [-0.2, -0.15) is 8.75 Å². The minimum atomic E-state index is 0.718. The molecule has 206 valence electrons. The molecular weight excluding hydrogens is 559 g/mol. The van der Waals surface area contributed by atoms with Crippen molar-refractivity contribution in [3.8, 4) is 39.5 Å². The Bertz CT molecular complexity index is 2490. The first kappa shape index (κ1) is 24.8. The number of para-hydroxylation sites is 2. The predicted molar refractivity (Wildman–Crippen MR) is 181 cm³/mol. The molecule has 9 aromatic rings. The highest BCUT2D eigenvalue weighted by atomic mass is 32.1. The van der Waals surface area contributed by atoms with Gasteiger partial charge in [-0.05, 0) is 47.5 Å². The van der Waals surface area contributed by atoms with Gasteiger partial charge in [0.1, 0.15) is 11.0 Å². The van der Waals surface area contributed by atoms with Gasteiger partial charge in [0, 0.05) is 33.0 Å². The Morgan fingerprint density at radius 3 is 2.00 bits per heavy atom. The zero-order valence-corrected chi connectivity index (χ0v) is 24.2. The summed E-state index contributed by atoms with van der Waals surface area (Å²) in [6.45, 7) is 0. The third kappa shape index (κ3) is 4.00. The van der Waals surface area contributed by atoms with Crippen LogP contribution < -0.4 is 0 Å². The van der Waals surface area contributed by atoms with Gasteiger partial charge >= 0.3 is 0 Å². The normalized spacial score (nSPS) is 11.6. The van der Waals surface area contributed by atoms with Gasteiger partial charge < -0.3 is 4.57 Å². The molecule has 0 spiro atoms. The lowest BCUT2D eigenvalue weighted by Gasteiger charge is -2.11. The zero-order valence-electron chi connectivity index (χ0n) is 23.4. The van der Waals surface area contributed by atoms with Crippen LogP contribution in [0.5, 0.6) is 0 Å². The zero-order chi connectivity index (χ0) is 29.0. The lowest BCUT2D eigenvalue weighted by Crippen LogP contribution is -1.95. The summed E-state index contributed by atoms with van der Waals surface area (Å²) in [5.41, 5.74) is 11.5. The monoisotopic (exact) mass is 581 g/mol. The molecule has 5 nitrogen and oxygen atoms in total. The van der Waals surface area contributed by atoms with Crippen LogP contribution in [0.3, 0.4) is 0 Å². The van der Waals surface area contributed by atoms with Crippen molar-refractivity contribution in [3.05, 3.63) is 140 Å². The minimum absolute atomic E-state index is 0.718. The molecule has 0 atom stereocenters. The van der Waals surface area contributed by atoms with E-state index in [0.717, 1.165) is 72.4 Å². The summed E-state index contributed by atoms with van der Waals surface area (Å²) in [6.07, 6.45) is 0. The van der Waals surface area contributed by atoms with Gasteiger partial charge in [0.2, 0.25) is 0 Å². The maximum absolute atomic E-state index is 5.04. The lowest BCUT2D eigenvalue weighted by molar-refractivity contribution is 1.18. The standard InChI is InChI=1S/C38H23N5S/c1-2-9-25(10-3-1)37-30-14-4-6-15-32(30)39-38(40-37)26-19-17-24(18-20-26)27-11-8-12-28(21-27)43-35-16-7-5-13-29(35)31-22-33-34(23-36(31)43)42-44-41-33/h1-23H. The van der Waals surface area contributed by atoms with Crippen molar-refractivity contribution in [1.29, 1.82) is 0 Å². The summed E-state index contributed by atoms with van der Waals surface area (Å²) >= 11 is 1.25. The fourth-order valence-electron chi connectivity index (χ4n) is 6.18. The van der Waals surface area contributed by atoms with Gasteiger partial charge in [-0.25, -0.2) is 9.97 Å². The van der Waals surface area contributed by atoms with E-state index in [4.69, 9.17) is 9.97 Å². The van der Waals surface area contributed by atoms with E-state index in [-0.39, 0.29) is 0 Å². The van der Waals surface area contributed by atoms with Crippen LogP contribution in [0.1, 0.15) is 0 Å². The molecule has 0 saturated carbocycles. The van der Waals surface area contributed by atoms with Crippen molar-refractivity contribution in [1.82, 2.24) is 23.3 Å². The Morgan fingerprint density at radius 2 is 1.14 bits per heavy atom. The van der Waals surface area contributed by atoms with Crippen molar-refractivity contribution in [3.63, 3.8) is 0 Å². The average Bonchev–Trinajstić information content (AvgIpc) is 3.69. The summed E-state index contributed by atoms with van der Waals surface area (Å²) in [6, 6.07) is 48.7. The molecular formula is C38H23N5S. The van der Waals surface area contributed by atoms with Crippen molar-refractivity contribution in [2.45, 2.75) is 0 Å². The molecule has 0 N–H and O–H groups in total. The Morgan fingerprint density at radius 1 is 0.432 bits per heavy atom. The maximum Gasteiger partial charge on any atom is 0.160 e. The molecule has 0 aliphatic heterocycles. The Balaban J connectivity index is 1.14. The maximum atomic E-state index is 5.04. The molecule has 0 fully saturated rings. The molecule has 0 aliphatic carbocycles. The highest BCUT2D eigenvalue weighted by Gasteiger charge is 2.15. The SMILES string of the molecule is c1ccc(-c2nc(-c3ccc(-c4cccc(-n5c6ccccc6c6cc7nsnc7cc65)c4)cc3)nc3ccccc23)cc1. The van der Waals surface area contributed by atoms with Gasteiger partial charge in [0.05, 0.1) is 34.0 Å². The number of hydrogen-bond donors (Lipinski definition) is 0. The van der Waals surface area contributed by atoms with Crippen LogP contribution in [0.15, 0.2) is 140 Å². The molecule has 3 heterocycles. The van der Waals surface area contributed by atoms with Crippen LogP contribution in [0.25, 0.3) is 83.2 Å². The molecule has 0 radical (unpaired) electrons. The van der Waals surface area contributed by atoms with Gasteiger partial charge in [0.15, 0.2) is 5.82 Å². The summed E-state index contributed by atoms with van der Waals surface area (Å²) in [5, 5.41) is 3.44. The van der Waals surface area contributed by atoms with E-state index in [1.54, 1.807) is 0 Å². The first-order valence-electron chi connectivity index (χ1n) is 14.5. The molecule has 6 aromatic carbocycles. The first-order valence-corrected chi connectivity index (χ1v) is 15.2. The highest BCUT2D eigenvalue weighted by molar-refractivity contribution is 7.00. The topological polar surface area (TPSA) is 56.5 Å². The van der Waals surface area contributed by atoms with Gasteiger partial charge in [-0.15, -0.1) is 0 Å². The molecule has 0 amide bonds. The van der Waals surface area contributed by atoms with Crippen molar-refractivity contribution in [2.24, 2.45) is 0 Å². The third-order valence-electron chi connectivity index (χ3n) is 8.28. The van der Waals surface area contributed by atoms with Crippen LogP contribution in [0.4, 0.5) is 0 Å². The van der Waals surface area contributed by atoms with Crippen molar-refractivity contribution >= 4 is 55.5 Å². The van der Waals surface area contributed by atoms with E-state index in [0.29, 0.717) is 0 Å². The molecule has 0 bridgehead atoms. The lowest BCUT2D eigenvalue weighted by atomic mass is 10.0. The molecule has 44 heavy (non-hydrogen) atoms. The number of nitrogens with zero attached hydrogens (tertiary/aromatic N) is 5. The summed E-state index contributed by atoms with van der Waals surface area (Å²) in [7, 11) is 0. The largest absolute Gasteiger partial charge is 0.309 e. The van der Waals surface area contributed by atoms with Crippen LogP contribution in [-0.4, -0.2) is 23.3 Å². The number of rotatable bonds is 4. The average molecular weight is 582 g/mol. The third-order valence-corrected chi connectivity index (χ3v) is 8.84. The van der Waals surface area contributed by atoms with Crippen molar-refractivity contribution < 1.29 is 0 Å². The Kier molecular flexibility index (Phi) is 5.61. The fourth-order valence-corrected chi connectivity index (χ4v) is 6.69. The molecule has 9 rings (SSSR count).